The Labute approximate surface area is 93.2 Å². The molecule has 0 aromatic heterocycles. The van der Waals surface area contributed by atoms with Crippen LogP contribution in [-0.2, 0) is 4.74 Å². The smallest absolute Gasteiger partial charge is 0.408 e. The van der Waals surface area contributed by atoms with E-state index in [1.54, 1.807) is 20.8 Å². The normalized spacial score (nSPS) is 25.2. The Bertz CT molecular complexity index is 276. The van der Waals surface area contributed by atoms with Gasteiger partial charge in [-0.1, -0.05) is 0 Å². The van der Waals surface area contributed by atoms with Gasteiger partial charge in [-0.15, -0.1) is 0 Å². The molecule has 0 radical (unpaired) electrons. The summed E-state index contributed by atoms with van der Waals surface area (Å²) < 4.78 is 31.8. The third-order valence-electron chi connectivity index (χ3n) is 2.56. The lowest BCUT2D eigenvalue weighted by Gasteiger charge is -2.44. The van der Waals surface area contributed by atoms with Crippen LogP contribution in [0.5, 0.6) is 0 Å². The van der Waals surface area contributed by atoms with E-state index in [4.69, 9.17) is 5.11 Å². The van der Waals surface area contributed by atoms with Crippen LogP contribution in [0.15, 0.2) is 0 Å². The fraction of sp³-hybridized carbons (Fsp3) is 0.900. The Morgan fingerprint density at radius 3 is 2.44 bits per heavy atom. The zero-order valence-electron chi connectivity index (χ0n) is 9.67. The summed E-state index contributed by atoms with van der Waals surface area (Å²) in [5.41, 5.74) is -0.850. The van der Waals surface area contributed by atoms with Crippen molar-refractivity contribution in [1.82, 2.24) is 4.90 Å². The molecule has 0 aromatic rings. The minimum atomic E-state index is -3.12. The van der Waals surface area contributed by atoms with Crippen molar-refractivity contribution < 1.29 is 23.4 Å². The number of carboxylic acid groups (broad SMARTS) is 1. The molecule has 6 heteroatoms. The van der Waals surface area contributed by atoms with E-state index in [2.05, 4.69) is 4.74 Å². The molecule has 1 saturated heterocycles. The largest absolute Gasteiger partial charge is 0.465 e. The molecule has 0 saturated carbocycles. The lowest BCUT2D eigenvalue weighted by Crippen LogP contribution is -2.60. The van der Waals surface area contributed by atoms with Crippen molar-refractivity contribution in [2.75, 3.05) is 13.2 Å². The molecule has 1 N–H and O–H groups in total. The van der Waals surface area contributed by atoms with E-state index in [-0.39, 0.29) is 13.0 Å². The van der Waals surface area contributed by atoms with Gasteiger partial charge in [0.05, 0.1) is 0 Å². The minimum Gasteiger partial charge on any atom is -0.465 e. The molecule has 0 spiro atoms. The van der Waals surface area contributed by atoms with Gasteiger partial charge in [-0.2, -0.15) is 0 Å². The van der Waals surface area contributed by atoms with Gasteiger partial charge < -0.3 is 9.84 Å². The second-order valence-electron chi connectivity index (χ2n) is 4.94. The number of alkyl halides is 2. The van der Waals surface area contributed by atoms with Gasteiger partial charge >= 0.3 is 6.09 Å². The van der Waals surface area contributed by atoms with E-state index in [1.165, 1.54) is 0 Å². The van der Waals surface area contributed by atoms with Gasteiger partial charge in [0.15, 0.2) is 0 Å². The maximum absolute atomic E-state index is 13.6. The van der Waals surface area contributed by atoms with Gasteiger partial charge in [0, 0.05) is 12.1 Å². The van der Waals surface area contributed by atoms with Crippen LogP contribution >= 0.6 is 0 Å². The monoisotopic (exact) mass is 237 g/mol. The number of carbonyl (C=O) groups is 1. The number of rotatable bonds is 1. The van der Waals surface area contributed by atoms with Gasteiger partial charge in [0.2, 0.25) is 0 Å². The van der Waals surface area contributed by atoms with E-state index >= 15 is 0 Å². The molecule has 16 heavy (non-hydrogen) atoms. The lowest BCUT2D eigenvalue weighted by atomic mass is 9.96. The van der Waals surface area contributed by atoms with Crippen molar-refractivity contribution in [2.24, 2.45) is 0 Å². The number of amides is 1. The van der Waals surface area contributed by atoms with E-state index in [0.717, 1.165) is 4.90 Å². The summed E-state index contributed by atoms with van der Waals surface area (Å²) in [5, 5.41) is 9.05. The van der Waals surface area contributed by atoms with Crippen LogP contribution < -0.4 is 0 Å². The lowest BCUT2D eigenvalue weighted by molar-refractivity contribution is -0.170. The molecule has 1 fully saturated rings. The molecule has 1 atom stereocenters. The zero-order valence-corrected chi connectivity index (χ0v) is 9.67. The summed E-state index contributed by atoms with van der Waals surface area (Å²) in [4.78, 5) is 11.9. The predicted molar refractivity (Wildman–Crippen MR) is 53.8 cm³/mol. The summed E-state index contributed by atoms with van der Waals surface area (Å²) in [6.45, 7) is 4.27. The van der Waals surface area contributed by atoms with Gasteiger partial charge in [-0.25, -0.2) is 13.6 Å². The van der Waals surface area contributed by atoms with Crippen LogP contribution in [0.4, 0.5) is 13.6 Å². The maximum Gasteiger partial charge on any atom is 0.408 e. The van der Waals surface area contributed by atoms with Gasteiger partial charge in [0.1, 0.15) is 12.6 Å². The summed E-state index contributed by atoms with van der Waals surface area (Å²) >= 11 is 0. The number of halogens is 2. The van der Waals surface area contributed by atoms with Gasteiger partial charge in [-0.3, -0.25) is 4.90 Å². The van der Waals surface area contributed by atoms with Crippen LogP contribution in [0.25, 0.3) is 0 Å². The third kappa shape index (κ3) is 2.61. The average Bonchev–Trinajstić information content (AvgIpc) is 2.05. The molecule has 94 valence electrons. The standard InChI is InChI=1S/C10H17F2NO3/c1-9(2,3)13(8(14)15)7-4-5-16-6-10(7,11)12/h7H,4-6H2,1-3H3,(H,14,15)/t7-/m0/s1. The van der Waals surface area contributed by atoms with E-state index in [1.807, 2.05) is 0 Å². The second-order valence-corrected chi connectivity index (χ2v) is 4.94. The summed E-state index contributed by atoms with van der Waals surface area (Å²) in [6, 6.07) is -1.31. The molecule has 0 aromatic carbocycles. The molecule has 1 heterocycles. The molecule has 0 bridgehead atoms. The molecule has 0 unspecified atom stereocenters. The van der Waals surface area contributed by atoms with E-state index < -0.39 is 30.2 Å². The Hall–Kier alpha value is -0.910. The minimum absolute atomic E-state index is 0.0244. The quantitative estimate of drug-likeness (QED) is 0.760. The first kappa shape index (κ1) is 13.2. The highest BCUT2D eigenvalue weighted by Crippen LogP contribution is 2.33. The predicted octanol–water partition coefficient (Wildman–Crippen LogP) is 2.19. The molecule has 1 aliphatic heterocycles. The fourth-order valence-corrected chi connectivity index (χ4v) is 1.92. The highest BCUT2D eigenvalue weighted by molar-refractivity contribution is 5.66. The Morgan fingerprint density at radius 2 is 2.06 bits per heavy atom. The Morgan fingerprint density at radius 1 is 1.50 bits per heavy atom. The number of hydrogen-bond donors (Lipinski definition) is 1. The van der Waals surface area contributed by atoms with Crippen molar-refractivity contribution in [2.45, 2.75) is 44.7 Å². The van der Waals surface area contributed by atoms with E-state index in [9.17, 15) is 13.6 Å². The first-order chi connectivity index (χ1) is 7.16. The summed E-state index contributed by atoms with van der Waals surface area (Å²) in [6.07, 6.45) is -1.30. The number of nitrogens with zero attached hydrogens (tertiary/aromatic N) is 1. The Balaban J connectivity index is 2.98. The summed E-state index contributed by atoms with van der Waals surface area (Å²) in [7, 11) is 0. The molecule has 0 aliphatic carbocycles. The van der Waals surface area contributed by atoms with Gasteiger partial charge in [0.25, 0.3) is 5.92 Å². The third-order valence-corrected chi connectivity index (χ3v) is 2.56. The highest BCUT2D eigenvalue weighted by Gasteiger charge is 2.50. The van der Waals surface area contributed by atoms with Crippen molar-refractivity contribution in [3.63, 3.8) is 0 Å². The topological polar surface area (TPSA) is 49.8 Å². The van der Waals surface area contributed by atoms with Crippen LogP contribution in [0.3, 0.4) is 0 Å². The first-order valence-corrected chi connectivity index (χ1v) is 5.14. The van der Waals surface area contributed by atoms with Crippen molar-refractivity contribution in [1.29, 1.82) is 0 Å². The summed E-state index contributed by atoms with van der Waals surface area (Å²) in [5.74, 6) is -3.12. The molecule has 1 amide bonds. The molecule has 4 nitrogen and oxygen atoms in total. The molecule has 1 aliphatic rings. The molecular weight excluding hydrogens is 220 g/mol. The molecular formula is C10H17F2NO3. The second kappa shape index (κ2) is 4.16. The van der Waals surface area contributed by atoms with Crippen LogP contribution in [-0.4, -0.2) is 46.8 Å². The maximum atomic E-state index is 13.6. The number of hydrogen-bond acceptors (Lipinski definition) is 2. The zero-order chi connectivity index (χ0) is 12.6. The highest BCUT2D eigenvalue weighted by atomic mass is 19.3. The van der Waals surface area contributed by atoms with Crippen molar-refractivity contribution in [3.8, 4) is 0 Å². The average molecular weight is 237 g/mol. The van der Waals surface area contributed by atoms with Crippen molar-refractivity contribution in [3.05, 3.63) is 0 Å². The number of ether oxygens (including phenoxy) is 1. The fourth-order valence-electron chi connectivity index (χ4n) is 1.92. The van der Waals surface area contributed by atoms with Crippen molar-refractivity contribution >= 4 is 6.09 Å². The Kier molecular flexibility index (Phi) is 3.42. The van der Waals surface area contributed by atoms with Crippen LogP contribution in [0, 0.1) is 0 Å². The van der Waals surface area contributed by atoms with Gasteiger partial charge in [-0.05, 0) is 27.2 Å². The first-order valence-electron chi connectivity index (χ1n) is 5.14. The van der Waals surface area contributed by atoms with E-state index in [0.29, 0.717) is 0 Å². The van der Waals surface area contributed by atoms with Crippen LogP contribution in [0.2, 0.25) is 0 Å². The SMILES string of the molecule is CC(C)(C)N(C(=O)O)[C@H]1CCOCC1(F)F. The molecule has 1 rings (SSSR count). The van der Waals surface area contributed by atoms with Crippen LogP contribution in [0.1, 0.15) is 27.2 Å².